The van der Waals surface area contributed by atoms with E-state index in [-0.39, 0.29) is 11.8 Å². The summed E-state index contributed by atoms with van der Waals surface area (Å²) in [6, 6.07) is 7.10. The van der Waals surface area contributed by atoms with Crippen LogP contribution < -0.4 is 5.32 Å². The van der Waals surface area contributed by atoms with Crippen molar-refractivity contribution in [2.75, 3.05) is 32.7 Å². The average molecular weight is 299 g/mol. The second-order valence-corrected chi connectivity index (χ2v) is 6.55. The van der Waals surface area contributed by atoms with Crippen LogP contribution in [0.2, 0.25) is 0 Å². The minimum absolute atomic E-state index is 0.137. The molecular formula is C17H21N3O2. The molecule has 4 rings (SSSR count). The number of benzene rings is 1. The van der Waals surface area contributed by atoms with E-state index >= 15 is 0 Å². The van der Waals surface area contributed by atoms with E-state index in [9.17, 15) is 9.59 Å². The quantitative estimate of drug-likeness (QED) is 0.846. The molecular weight excluding hydrogens is 278 g/mol. The van der Waals surface area contributed by atoms with Crippen molar-refractivity contribution in [3.05, 3.63) is 35.4 Å². The molecule has 2 heterocycles. The molecule has 0 unspecified atom stereocenters. The Balaban J connectivity index is 1.37. The van der Waals surface area contributed by atoms with Crippen LogP contribution in [0.3, 0.4) is 0 Å². The van der Waals surface area contributed by atoms with Gasteiger partial charge < -0.3 is 5.32 Å². The number of hydrogen-bond acceptors (Lipinski definition) is 4. The third-order valence-electron chi connectivity index (χ3n) is 5.20. The molecule has 0 radical (unpaired) electrons. The highest BCUT2D eigenvalue weighted by atomic mass is 16.2. The highest BCUT2D eigenvalue weighted by Crippen LogP contribution is 2.42. The maximum absolute atomic E-state index is 12.3. The van der Waals surface area contributed by atoms with Crippen molar-refractivity contribution in [1.29, 1.82) is 0 Å². The van der Waals surface area contributed by atoms with E-state index in [1.807, 2.05) is 12.1 Å². The zero-order valence-corrected chi connectivity index (χ0v) is 12.7. The molecule has 22 heavy (non-hydrogen) atoms. The van der Waals surface area contributed by atoms with Gasteiger partial charge in [-0.1, -0.05) is 12.1 Å². The first-order chi connectivity index (χ1) is 10.7. The summed E-state index contributed by atoms with van der Waals surface area (Å²) in [5.41, 5.74) is 1.47. The number of carbonyl (C=O) groups excluding carboxylic acids is 2. The minimum atomic E-state index is -0.137. The van der Waals surface area contributed by atoms with Crippen LogP contribution in [0.15, 0.2) is 24.3 Å². The predicted octanol–water partition coefficient (Wildman–Crippen LogP) is 1.11. The lowest BCUT2D eigenvalue weighted by Crippen LogP contribution is -2.53. The van der Waals surface area contributed by atoms with E-state index in [1.165, 1.54) is 17.7 Å². The van der Waals surface area contributed by atoms with Crippen LogP contribution in [0.25, 0.3) is 0 Å². The summed E-state index contributed by atoms with van der Waals surface area (Å²) in [6.45, 7) is 4.68. The minimum Gasteiger partial charge on any atom is -0.314 e. The Morgan fingerprint density at radius 1 is 1.05 bits per heavy atom. The summed E-state index contributed by atoms with van der Waals surface area (Å²) in [5.74, 6) is -0.274. The average Bonchev–Trinajstić information content (AvgIpc) is 3.27. The van der Waals surface area contributed by atoms with Gasteiger partial charge in [0.2, 0.25) is 0 Å². The molecule has 0 atom stereocenters. The Kier molecular flexibility index (Phi) is 3.27. The zero-order valence-electron chi connectivity index (χ0n) is 12.7. The zero-order chi connectivity index (χ0) is 15.2. The summed E-state index contributed by atoms with van der Waals surface area (Å²) in [7, 11) is 0. The third kappa shape index (κ3) is 2.16. The van der Waals surface area contributed by atoms with Crippen LogP contribution in [-0.4, -0.2) is 59.9 Å². The first-order valence-electron chi connectivity index (χ1n) is 8.12. The molecule has 1 aliphatic carbocycles. The molecule has 1 aromatic rings. The van der Waals surface area contributed by atoms with E-state index < -0.39 is 0 Å². The molecule has 3 aliphatic rings. The Bertz CT molecular complexity index is 589. The number of imide groups is 1. The second kappa shape index (κ2) is 5.18. The van der Waals surface area contributed by atoms with Gasteiger partial charge >= 0.3 is 0 Å². The standard InChI is InChI=1S/C17H21N3O2/c21-15-13-4-1-2-5-14(13)16(22)20(15)10-3-9-19-11-8-18-12-17(19)6-7-17/h1-2,4-5,18H,3,6-12H2. The van der Waals surface area contributed by atoms with Crippen molar-refractivity contribution in [3.8, 4) is 0 Å². The molecule has 0 bridgehead atoms. The van der Waals surface area contributed by atoms with Gasteiger partial charge in [0.1, 0.15) is 0 Å². The molecule has 1 aromatic carbocycles. The highest BCUT2D eigenvalue weighted by Gasteiger charge is 2.48. The van der Waals surface area contributed by atoms with Gasteiger partial charge in [0.15, 0.2) is 0 Å². The number of hydrogen-bond donors (Lipinski definition) is 1. The Labute approximate surface area is 130 Å². The first-order valence-corrected chi connectivity index (χ1v) is 8.12. The fraction of sp³-hybridized carbons (Fsp3) is 0.529. The molecule has 1 N–H and O–H groups in total. The molecule has 0 aromatic heterocycles. The topological polar surface area (TPSA) is 52.7 Å². The molecule has 2 amide bonds. The van der Waals surface area contributed by atoms with Gasteiger partial charge in [0.25, 0.3) is 11.8 Å². The first kappa shape index (κ1) is 13.9. The van der Waals surface area contributed by atoms with Crippen LogP contribution in [0.1, 0.15) is 40.0 Å². The van der Waals surface area contributed by atoms with E-state index in [2.05, 4.69) is 10.2 Å². The van der Waals surface area contributed by atoms with Crippen LogP contribution >= 0.6 is 0 Å². The van der Waals surface area contributed by atoms with Crippen LogP contribution in [-0.2, 0) is 0 Å². The molecule has 1 saturated carbocycles. The van der Waals surface area contributed by atoms with Gasteiger partial charge in [-0.2, -0.15) is 0 Å². The van der Waals surface area contributed by atoms with Crippen LogP contribution in [0.5, 0.6) is 0 Å². The lowest BCUT2D eigenvalue weighted by atomic mass is 10.1. The number of carbonyl (C=O) groups is 2. The number of nitrogens with one attached hydrogen (secondary N) is 1. The lowest BCUT2D eigenvalue weighted by molar-refractivity contribution is 0.0638. The number of piperazine rings is 1. The van der Waals surface area contributed by atoms with Gasteiger partial charge in [0.05, 0.1) is 11.1 Å². The number of nitrogens with zero attached hydrogens (tertiary/aromatic N) is 2. The van der Waals surface area contributed by atoms with Crippen LogP contribution in [0, 0.1) is 0 Å². The molecule has 5 heteroatoms. The Morgan fingerprint density at radius 2 is 1.73 bits per heavy atom. The largest absolute Gasteiger partial charge is 0.314 e. The molecule has 5 nitrogen and oxygen atoms in total. The van der Waals surface area contributed by atoms with Crippen molar-refractivity contribution in [1.82, 2.24) is 15.1 Å². The van der Waals surface area contributed by atoms with E-state index in [4.69, 9.17) is 0 Å². The van der Waals surface area contributed by atoms with Crippen molar-refractivity contribution < 1.29 is 9.59 Å². The predicted molar refractivity (Wildman–Crippen MR) is 82.8 cm³/mol. The second-order valence-electron chi connectivity index (χ2n) is 6.55. The Hall–Kier alpha value is -1.72. The normalized spacial score (nSPS) is 23.2. The summed E-state index contributed by atoms with van der Waals surface area (Å²) >= 11 is 0. The summed E-state index contributed by atoms with van der Waals surface area (Å²) < 4.78 is 0. The van der Waals surface area contributed by atoms with Crippen molar-refractivity contribution >= 4 is 11.8 Å². The molecule has 2 aliphatic heterocycles. The maximum atomic E-state index is 12.3. The van der Waals surface area contributed by atoms with Gasteiger partial charge in [-0.25, -0.2) is 0 Å². The number of fused-ring (bicyclic) bond motifs is 1. The number of amides is 2. The summed E-state index contributed by atoms with van der Waals surface area (Å²) in [5, 5.41) is 3.46. The Morgan fingerprint density at radius 3 is 2.36 bits per heavy atom. The van der Waals surface area contributed by atoms with Crippen molar-refractivity contribution in [2.24, 2.45) is 0 Å². The maximum Gasteiger partial charge on any atom is 0.261 e. The van der Waals surface area contributed by atoms with Crippen molar-refractivity contribution in [2.45, 2.75) is 24.8 Å². The van der Waals surface area contributed by atoms with Gasteiger partial charge in [0, 0.05) is 38.3 Å². The fourth-order valence-electron chi connectivity index (χ4n) is 3.73. The lowest BCUT2D eigenvalue weighted by Gasteiger charge is -2.37. The van der Waals surface area contributed by atoms with Crippen molar-refractivity contribution in [3.63, 3.8) is 0 Å². The molecule has 116 valence electrons. The van der Waals surface area contributed by atoms with Crippen LogP contribution in [0.4, 0.5) is 0 Å². The number of rotatable bonds is 4. The smallest absolute Gasteiger partial charge is 0.261 e. The molecule has 1 saturated heterocycles. The molecule has 1 spiro atoms. The monoisotopic (exact) mass is 299 g/mol. The van der Waals surface area contributed by atoms with E-state index in [0.717, 1.165) is 32.6 Å². The van der Waals surface area contributed by atoms with Gasteiger partial charge in [-0.3, -0.25) is 19.4 Å². The fourth-order valence-corrected chi connectivity index (χ4v) is 3.73. The van der Waals surface area contributed by atoms with Gasteiger partial charge in [-0.15, -0.1) is 0 Å². The van der Waals surface area contributed by atoms with Gasteiger partial charge in [-0.05, 0) is 31.4 Å². The third-order valence-corrected chi connectivity index (χ3v) is 5.20. The highest BCUT2D eigenvalue weighted by molar-refractivity contribution is 6.21. The summed E-state index contributed by atoms with van der Waals surface area (Å²) in [6.07, 6.45) is 3.40. The van der Waals surface area contributed by atoms with E-state index in [0.29, 0.717) is 23.2 Å². The summed E-state index contributed by atoms with van der Waals surface area (Å²) in [4.78, 5) is 28.6. The SMILES string of the molecule is O=C1c2ccccc2C(=O)N1CCCN1CCNCC12CC2. The molecule has 2 fully saturated rings. The van der Waals surface area contributed by atoms with E-state index in [1.54, 1.807) is 12.1 Å².